The summed E-state index contributed by atoms with van der Waals surface area (Å²) in [5.74, 6) is -1.70. The largest absolute Gasteiger partial charge is 0.483 e. The van der Waals surface area contributed by atoms with Gasteiger partial charge in [-0.25, -0.2) is 19.2 Å². The highest BCUT2D eigenvalue weighted by atomic mass is 35.5. The number of benzene rings is 1. The number of aryl methyl sites for hydroxylation is 1. The number of halogens is 2. The summed E-state index contributed by atoms with van der Waals surface area (Å²) >= 11 is 5.90. The molecule has 1 atom stereocenters. The van der Waals surface area contributed by atoms with E-state index in [4.69, 9.17) is 22.1 Å². The van der Waals surface area contributed by atoms with Crippen molar-refractivity contribution in [2.45, 2.75) is 25.2 Å². The first kappa shape index (κ1) is 18.3. The van der Waals surface area contributed by atoms with E-state index in [2.05, 4.69) is 20.6 Å². The first-order chi connectivity index (χ1) is 13.3. The van der Waals surface area contributed by atoms with Gasteiger partial charge in [0.2, 0.25) is 5.82 Å². The molecule has 3 heterocycles. The van der Waals surface area contributed by atoms with Gasteiger partial charge in [-0.1, -0.05) is 24.6 Å². The Balaban J connectivity index is 1.80. The van der Waals surface area contributed by atoms with Crippen LogP contribution in [0.3, 0.4) is 0 Å². The van der Waals surface area contributed by atoms with Crippen molar-refractivity contribution in [3.05, 3.63) is 47.1 Å². The Kier molecular flexibility index (Phi) is 4.24. The van der Waals surface area contributed by atoms with Crippen LogP contribution in [0.5, 0.6) is 5.75 Å². The zero-order chi connectivity index (χ0) is 20.1. The number of aliphatic imine (C=N–C) groups is 1. The molecule has 4 rings (SSSR count). The monoisotopic (exact) mass is 406 g/mol. The number of aromatic carboxylic acids is 1. The highest BCUT2D eigenvalue weighted by Crippen LogP contribution is 2.39. The third-order valence-electron chi connectivity index (χ3n) is 4.33. The Morgan fingerprint density at radius 2 is 2.36 bits per heavy atom. The summed E-state index contributed by atoms with van der Waals surface area (Å²) in [6, 6.07) is 5.04. The summed E-state index contributed by atoms with van der Waals surface area (Å²) in [5.41, 5.74) is 7.85. The van der Waals surface area contributed by atoms with E-state index >= 15 is 0 Å². The molecule has 146 valence electrons. The number of nitrogens with two attached hydrogens (primary N) is 1. The SMILES string of the molecule is CCc1nc(C(=O)O)n2c1COc1c(NC3=C(F)C=NC(N)(Cl)N3)cccc1-2. The molecule has 0 saturated carbocycles. The van der Waals surface area contributed by atoms with Gasteiger partial charge in [0.25, 0.3) is 5.25 Å². The number of fused-ring (bicyclic) bond motifs is 3. The number of carbonyl (C=O) groups is 1. The number of carboxylic acids is 1. The maximum atomic E-state index is 14.1. The lowest BCUT2D eigenvalue weighted by atomic mass is 10.2. The molecule has 0 radical (unpaired) electrons. The van der Waals surface area contributed by atoms with Crippen molar-refractivity contribution in [2.24, 2.45) is 10.7 Å². The molecular weight excluding hydrogens is 391 g/mol. The van der Waals surface area contributed by atoms with Crippen LogP contribution in [0.2, 0.25) is 0 Å². The molecule has 0 saturated heterocycles. The van der Waals surface area contributed by atoms with Crippen molar-refractivity contribution in [1.82, 2.24) is 14.9 Å². The van der Waals surface area contributed by atoms with Gasteiger partial charge in [0.1, 0.15) is 12.4 Å². The van der Waals surface area contributed by atoms with Crippen LogP contribution in [0.1, 0.15) is 28.9 Å². The molecule has 9 nitrogen and oxygen atoms in total. The smallest absolute Gasteiger partial charge is 0.372 e. The standard InChI is InChI=1S/C17H16ClFN6O3/c1-2-9-12-7-28-13-10(22-14-8(19)6-21-17(18,20)24-14)4-3-5-11(13)25(12)15(23-9)16(26)27/h3-6,22,24H,2,7,20H2,1H3,(H,26,27). The number of alkyl halides is 1. The number of nitrogens with zero attached hydrogens (tertiary/aromatic N) is 3. The summed E-state index contributed by atoms with van der Waals surface area (Å²) < 4.78 is 21.5. The molecule has 1 aromatic heterocycles. The van der Waals surface area contributed by atoms with E-state index in [1.54, 1.807) is 22.8 Å². The zero-order valence-corrected chi connectivity index (χ0v) is 15.4. The Labute approximate surface area is 163 Å². The lowest BCUT2D eigenvalue weighted by Gasteiger charge is -2.28. The minimum atomic E-state index is -1.68. The average molecular weight is 407 g/mol. The fourth-order valence-electron chi connectivity index (χ4n) is 3.13. The average Bonchev–Trinajstić information content (AvgIpc) is 3.04. The van der Waals surface area contributed by atoms with Crippen molar-refractivity contribution < 1.29 is 19.0 Å². The predicted octanol–water partition coefficient (Wildman–Crippen LogP) is 2.06. The number of anilines is 1. The molecule has 2 aliphatic heterocycles. The van der Waals surface area contributed by atoms with E-state index in [1.165, 1.54) is 0 Å². The molecule has 0 aliphatic carbocycles. The molecule has 2 aliphatic rings. The number of hydrogen-bond donors (Lipinski definition) is 4. The van der Waals surface area contributed by atoms with Crippen molar-refractivity contribution in [2.75, 3.05) is 5.32 Å². The van der Waals surface area contributed by atoms with E-state index in [9.17, 15) is 14.3 Å². The number of imidazole rings is 1. The fraction of sp³-hybridized carbons (Fsp3) is 0.235. The van der Waals surface area contributed by atoms with Crippen molar-refractivity contribution in [3.8, 4) is 11.4 Å². The van der Waals surface area contributed by atoms with Crippen LogP contribution in [-0.4, -0.2) is 32.1 Å². The summed E-state index contributed by atoms with van der Waals surface area (Å²) in [6.07, 6.45) is 1.47. The Morgan fingerprint density at radius 1 is 1.57 bits per heavy atom. The minimum absolute atomic E-state index is 0.0892. The Bertz CT molecular complexity index is 1050. The fourth-order valence-corrected chi connectivity index (χ4v) is 3.28. The van der Waals surface area contributed by atoms with E-state index < -0.39 is 17.0 Å². The summed E-state index contributed by atoms with van der Waals surface area (Å²) in [5, 5.41) is 13.2. The number of aromatic nitrogens is 2. The van der Waals surface area contributed by atoms with Gasteiger partial charge < -0.3 is 20.5 Å². The number of hydrogen-bond acceptors (Lipinski definition) is 7. The number of carboxylic acid groups (broad SMARTS) is 1. The van der Waals surface area contributed by atoms with E-state index in [-0.39, 0.29) is 18.3 Å². The first-order valence-corrected chi connectivity index (χ1v) is 8.76. The molecule has 0 amide bonds. The van der Waals surface area contributed by atoms with E-state index in [0.29, 0.717) is 34.9 Å². The molecule has 0 bridgehead atoms. The quantitative estimate of drug-likeness (QED) is 0.452. The van der Waals surface area contributed by atoms with Crippen LogP contribution in [0.15, 0.2) is 34.8 Å². The molecule has 0 spiro atoms. The molecule has 1 aromatic carbocycles. The first-order valence-electron chi connectivity index (χ1n) is 8.38. The number of allylic oxidation sites excluding steroid dienone is 1. The van der Waals surface area contributed by atoms with Crippen LogP contribution in [0.25, 0.3) is 5.69 Å². The summed E-state index contributed by atoms with van der Waals surface area (Å²) in [7, 11) is 0. The lowest BCUT2D eigenvalue weighted by molar-refractivity contribution is 0.0680. The molecule has 0 fully saturated rings. The summed E-state index contributed by atoms with van der Waals surface area (Å²) in [4.78, 5) is 19.5. The van der Waals surface area contributed by atoms with Crippen LogP contribution in [0.4, 0.5) is 10.1 Å². The second-order valence-corrected chi connectivity index (χ2v) is 6.75. The number of rotatable bonds is 4. The molecule has 28 heavy (non-hydrogen) atoms. The maximum absolute atomic E-state index is 14.1. The third-order valence-corrected chi connectivity index (χ3v) is 4.53. The molecule has 1 unspecified atom stereocenters. The number of nitrogens with one attached hydrogen (secondary N) is 2. The number of para-hydroxylation sites is 1. The zero-order valence-electron chi connectivity index (χ0n) is 14.7. The molecule has 5 N–H and O–H groups in total. The minimum Gasteiger partial charge on any atom is -0.483 e. The topological polar surface area (TPSA) is 127 Å². The van der Waals surface area contributed by atoms with Crippen LogP contribution >= 0.6 is 11.6 Å². The molecule has 11 heteroatoms. The van der Waals surface area contributed by atoms with Crippen molar-refractivity contribution in [3.63, 3.8) is 0 Å². The van der Waals surface area contributed by atoms with Gasteiger partial charge >= 0.3 is 5.97 Å². The Hall–Kier alpha value is -3.11. The van der Waals surface area contributed by atoms with Crippen molar-refractivity contribution in [1.29, 1.82) is 0 Å². The second kappa shape index (κ2) is 6.50. The van der Waals surface area contributed by atoms with Crippen LogP contribution in [-0.2, 0) is 13.0 Å². The van der Waals surface area contributed by atoms with Crippen LogP contribution in [0, 0.1) is 0 Å². The predicted molar refractivity (Wildman–Crippen MR) is 100 cm³/mol. The van der Waals surface area contributed by atoms with Gasteiger partial charge in [0, 0.05) is 0 Å². The van der Waals surface area contributed by atoms with Crippen LogP contribution < -0.4 is 21.1 Å². The van der Waals surface area contributed by atoms with E-state index in [0.717, 1.165) is 6.21 Å². The Morgan fingerprint density at radius 3 is 3.07 bits per heavy atom. The van der Waals surface area contributed by atoms with Gasteiger partial charge in [-0.05, 0) is 18.6 Å². The van der Waals surface area contributed by atoms with Gasteiger partial charge in [-0.2, -0.15) is 0 Å². The third kappa shape index (κ3) is 2.96. The maximum Gasteiger partial charge on any atom is 0.372 e. The van der Waals surface area contributed by atoms with Gasteiger partial charge in [-0.15, -0.1) is 0 Å². The highest BCUT2D eigenvalue weighted by Gasteiger charge is 2.31. The second-order valence-electron chi connectivity index (χ2n) is 6.17. The normalized spacial score (nSPS) is 20.1. The number of ether oxygens (including phenoxy) is 1. The van der Waals surface area contributed by atoms with Gasteiger partial charge in [0.05, 0.1) is 29.0 Å². The summed E-state index contributed by atoms with van der Waals surface area (Å²) in [6.45, 7) is 2.01. The lowest BCUT2D eigenvalue weighted by Crippen LogP contribution is -2.49. The van der Waals surface area contributed by atoms with Gasteiger partial charge in [0.15, 0.2) is 11.6 Å². The van der Waals surface area contributed by atoms with Crippen molar-refractivity contribution >= 4 is 29.5 Å². The molecular formula is C17H16ClFN6O3. The van der Waals surface area contributed by atoms with E-state index in [1.807, 2.05) is 6.92 Å². The van der Waals surface area contributed by atoms with Gasteiger partial charge in [-0.3, -0.25) is 10.3 Å². The molecule has 2 aromatic rings. The highest BCUT2D eigenvalue weighted by molar-refractivity contribution is 6.23.